The standard InChI is InChI=1S/C7H8N2O2S/c1-5(8-9-7(10)11)6-3-2-4-12-6/h2-4,9H,1H3,(H,10,11). The Kier molecular flexibility index (Phi) is 2.82. The largest absolute Gasteiger partial charge is 0.464 e. The maximum Gasteiger partial charge on any atom is 0.425 e. The van der Waals surface area contributed by atoms with Crippen LogP contribution in [0.2, 0.25) is 0 Å². The van der Waals surface area contributed by atoms with E-state index in [1.54, 1.807) is 6.92 Å². The summed E-state index contributed by atoms with van der Waals surface area (Å²) < 4.78 is 0. The first-order valence-corrected chi connectivity index (χ1v) is 4.15. The van der Waals surface area contributed by atoms with Gasteiger partial charge < -0.3 is 5.11 Å². The van der Waals surface area contributed by atoms with E-state index in [0.717, 1.165) is 4.88 Å². The van der Waals surface area contributed by atoms with Gasteiger partial charge in [0.1, 0.15) is 0 Å². The first-order valence-electron chi connectivity index (χ1n) is 3.27. The van der Waals surface area contributed by atoms with Crippen molar-refractivity contribution in [3.63, 3.8) is 0 Å². The third-order valence-corrected chi connectivity index (χ3v) is 2.18. The Morgan fingerprint density at radius 1 is 1.75 bits per heavy atom. The number of nitrogens with zero attached hydrogens (tertiary/aromatic N) is 1. The molecule has 0 saturated heterocycles. The molecule has 0 unspecified atom stereocenters. The van der Waals surface area contributed by atoms with Gasteiger partial charge in [-0.15, -0.1) is 11.3 Å². The number of hydrazone groups is 1. The van der Waals surface area contributed by atoms with E-state index in [-0.39, 0.29) is 0 Å². The fourth-order valence-electron chi connectivity index (χ4n) is 0.671. The molecule has 0 atom stereocenters. The molecule has 0 spiro atoms. The van der Waals surface area contributed by atoms with Crippen molar-refractivity contribution in [3.05, 3.63) is 22.4 Å². The van der Waals surface area contributed by atoms with Crippen molar-refractivity contribution in [2.45, 2.75) is 6.92 Å². The summed E-state index contributed by atoms with van der Waals surface area (Å²) in [5, 5.41) is 13.8. The number of nitrogens with one attached hydrogen (secondary N) is 1. The quantitative estimate of drug-likeness (QED) is 0.543. The zero-order valence-corrected chi connectivity index (χ0v) is 7.26. The molecule has 1 rings (SSSR count). The van der Waals surface area contributed by atoms with E-state index in [9.17, 15) is 4.79 Å². The topological polar surface area (TPSA) is 61.7 Å². The average molecular weight is 184 g/mol. The normalized spacial score (nSPS) is 11.2. The minimum absolute atomic E-state index is 0.674. The molecule has 64 valence electrons. The van der Waals surface area contributed by atoms with Gasteiger partial charge in [-0.05, 0) is 18.4 Å². The molecule has 12 heavy (non-hydrogen) atoms. The molecule has 0 aliphatic carbocycles. The van der Waals surface area contributed by atoms with Crippen LogP contribution in [-0.4, -0.2) is 16.9 Å². The first-order chi connectivity index (χ1) is 5.70. The Balaban J connectivity index is 2.65. The lowest BCUT2D eigenvalue weighted by Crippen LogP contribution is -2.15. The highest BCUT2D eigenvalue weighted by Gasteiger charge is 1.97. The number of carboxylic acid groups (broad SMARTS) is 1. The molecule has 0 saturated carbocycles. The molecule has 5 heteroatoms. The van der Waals surface area contributed by atoms with Crippen molar-refractivity contribution in [1.29, 1.82) is 0 Å². The highest BCUT2D eigenvalue weighted by Crippen LogP contribution is 2.08. The predicted octanol–water partition coefficient (Wildman–Crippen LogP) is 1.74. The number of hydrogen-bond acceptors (Lipinski definition) is 3. The van der Waals surface area contributed by atoms with Gasteiger partial charge in [0.2, 0.25) is 0 Å². The third kappa shape index (κ3) is 2.35. The highest BCUT2D eigenvalue weighted by atomic mass is 32.1. The summed E-state index contributed by atoms with van der Waals surface area (Å²) in [4.78, 5) is 11.0. The van der Waals surface area contributed by atoms with Crippen molar-refractivity contribution in [2.24, 2.45) is 5.10 Å². The second kappa shape index (κ2) is 3.87. The van der Waals surface area contributed by atoms with Crippen LogP contribution in [0.1, 0.15) is 11.8 Å². The second-order valence-corrected chi connectivity index (χ2v) is 3.04. The van der Waals surface area contributed by atoms with Gasteiger partial charge in [-0.3, -0.25) is 0 Å². The molecule has 1 amide bonds. The lowest BCUT2D eigenvalue weighted by Gasteiger charge is -1.94. The number of amides is 1. The van der Waals surface area contributed by atoms with E-state index in [1.807, 2.05) is 22.9 Å². The summed E-state index contributed by atoms with van der Waals surface area (Å²) in [5.74, 6) is 0. The minimum atomic E-state index is -1.15. The Morgan fingerprint density at radius 2 is 2.50 bits per heavy atom. The van der Waals surface area contributed by atoms with Gasteiger partial charge in [-0.25, -0.2) is 10.2 Å². The molecule has 0 fully saturated rings. The van der Waals surface area contributed by atoms with E-state index in [4.69, 9.17) is 5.11 Å². The van der Waals surface area contributed by atoms with E-state index in [1.165, 1.54) is 11.3 Å². The van der Waals surface area contributed by atoms with Crippen LogP contribution in [0.15, 0.2) is 22.6 Å². The smallest absolute Gasteiger partial charge is 0.425 e. The highest BCUT2D eigenvalue weighted by molar-refractivity contribution is 7.12. The van der Waals surface area contributed by atoms with Gasteiger partial charge in [0.25, 0.3) is 0 Å². The van der Waals surface area contributed by atoms with Gasteiger partial charge in [0.15, 0.2) is 0 Å². The van der Waals surface area contributed by atoms with Crippen molar-refractivity contribution < 1.29 is 9.90 Å². The monoisotopic (exact) mass is 184 g/mol. The third-order valence-electron chi connectivity index (χ3n) is 1.20. The average Bonchev–Trinajstić information content (AvgIpc) is 2.51. The van der Waals surface area contributed by atoms with Crippen LogP contribution < -0.4 is 5.43 Å². The Bertz CT molecular complexity index is 292. The van der Waals surface area contributed by atoms with Gasteiger partial charge >= 0.3 is 6.09 Å². The van der Waals surface area contributed by atoms with Crippen LogP contribution in [0.25, 0.3) is 0 Å². The molecule has 1 aromatic rings. The van der Waals surface area contributed by atoms with Crippen LogP contribution in [0.4, 0.5) is 4.79 Å². The fourth-order valence-corrected chi connectivity index (χ4v) is 1.35. The fraction of sp³-hybridized carbons (Fsp3) is 0.143. The molecule has 0 aliphatic rings. The summed E-state index contributed by atoms with van der Waals surface area (Å²) in [6, 6.07) is 3.77. The summed E-state index contributed by atoms with van der Waals surface area (Å²) >= 11 is 1.52. The van der Waals surface area contributed by atoms with Gasteiger partial charge in [-0.2, -0.15) is 5.10 Å². The minimum Gasteiger partial charge on any atom is -0.464 e. The number of carbonyl (C=O) groups is 1. The molecule has 0 aromatic carbocycles. The number of rotatable bonds is 2. The van der Waals surface area contributed by atoms with E-state index in [0.29, 0.717) is 5.71 Å². The maximum absolute atomic E-state index is 10.1. The van der Waals surface area contributed by atoms with Crippen LogP contribution in [-0.2, 0) is 0 Å². The SMILES string of the molecule is CC(=NNC(=O)O)c1cccs1. The molecule has 2 N–H and O–H groups in total. The lowest BCUT2D eigenvalue weighted by atomic mass is 10.3. The Hall–Kier alpha value is -1.36. The van der Waals surface area contributed by atoms with E-state index >= 15 is 0 Å². The predicted molar refractivity (Wildman–Crippen MR) is 47.7 cm³/mol. The molecule has 0 aliphatic heterocycles. The van der Waals surface area contributed by atoms with Gasteiger partial charge in [0.05, 0.1) is 5.71 Å². The Labute approximate surface area is 73.5 Å². The first kappa shape index (κ1) is 8.73. The number of thiophene rings is 1. The number of hydrogen-bond donors (Lipinski definition) is 2. The molecule has 4 nitrogen and oxygen atoms in total. The van der Waals surface area contributed by atoms with Crippen LogP contribution in [0.5, 0.6) is 0 Å². The van der Waals surface area contributed by atoms with Crippen molar-refractivity contribution in [3.8, 4) is 0 Å². The van der Waals surface area contributed by atoms with Gasteiger partial charge in [0, 0.05) is 4.88 Å². The lowest BCUT2D eigenvalue weighted by molar-refractivity contribution is 0.195. The van der Waals surface area contributed by atoms with Crippen LogP contribution in [0.3, 0.4) is 0 Å². The van der Waals surface area contributed by atoms with Gasteiger partial charge in [-0.1, -0.05) is 6.07 Å². The second-order valence-electron chi connectivity index (χ2n) is 2.09. The molecule has 1 aromatic heterocycles. The summed E-state index contributed by atoms with van der Waals surface area (Å²) in [6.07, 6.45) is -1.15. The summed E-state index contributed by atoms with van der Waals surface area (Å²) in [5.41, 5.74) is 2.62. The van der Waals surface area contributed by atoms with Crippen molar-refractivity contribution in [2.75, 3.05) is 0 Å². The maximum atomic E-state index is 10.1. The van der Waals surface area contributed by atoms with Crippen molar-refractivity contribution >= 4 is 23.1 Å². The molecular formula is C7H8N2O2S. The van der Waals surface area contributed by atoms with E-state index in [2.05, 4.69) is 5.10 Å². The molecule has 1 heterocycles. The molecule has 0 radical (unpaired) electrons. The molecule has 0 bridgehead atoms. The van der Waals surface area contributed by atoms with Crippen LogP contribution >= 0.6 is 11.3 Å². The zero-order valence-electron chi connectivity index (χ0n) is 6.44. The summed E-state index contributed by atoms with van der Waals surface area (Å²) in [7, 11) is 0. The van der Waals surface area contributed by atoms with E-state index < -0.39 is 6.09 Å². The van der Waals surface area contributed by atoms with Crippen LogP contribution in [0, 0.1) is 0 Å². The molecular weight excluding hydrogens is 176 g/mol. The Morgan fingerprint density at radius 3 is 3.00 bits per heavy atom. The zero-order chi connectivity index (χ0) is 8.97. The van der Waals surface area contributed by atoms with Crippen molar-refractivity contribution in [1.82, 2.24) is 5.43 Å². The summed E-state index contributed by atoms with van der Waals surface area (Å²) in [6.45, 7) is 1.75.